The Hall–Kier alpha value is -1.82. The maximum atomic E-state index is 14.1. The van der Waals surface area contributed by atoms with Crippen LogP contribution in [0.1, 0.15) is 25.0 Å². The summed E-state index contributed by atoms with van der Waals surface area (Å²) in [6.07, 6.45) is -4.36. The van der Waals surface area contributed by atoms with Crippen LogP contribution in [-0.4, -0.2) is 65.8 Å². The molecule has 2 saturated heterocycles. The number of benzene rings is 1. The van der Waals surface area contributed by atoms with Crippen molar-refractivity contribution in [2.75, 3.05) is 20.0 Å². The van der Waals surface area contributed by atoms with Gasteiger partial charge in [-0.3, -0.25) is 10.2 Å². The van der Waals surface area contributed by atoms with Crippen molar-refractivity contribution in [1.29, 1.82) is 0 Å². The van der Waals surface area contributed by atoms with Crippen molar-refractivity contribution in [2.24, 2.45) is 0 Å². The molecule has 2 fully saturated rings. The zero-order valence-electron chi connectivity index (χ0n) is 15.8. The Kier molecular flexibility index (Phi) is 4.72. The molecule has 0 aromatic heterocycles. The molecule has 0 amide bonds. The van der Waals surface area contributed by atoms with Crippen molar-refractivity contribution < 1.29 is 33.2 Å². The van der Waals surface area contributed by atoms with Crippen molar-refractivity contribution in [3.8, 4) is 5.75 Å². The Morgan fingerprint density at radius 2 is 2.03 bits per heavy atom. The molecule has 4 aliphatic heterocycles. The molecule has 4 aliphatic rings. The number of nitrogens with zero attached hydrogens (tertiary/aromatic N) is 1. The lowest BCUT2D eigenvalue weighted by Gasteiger charge is -2.35. The quantitative estimate of drug-likeness (QED) is 0.551. The first-order valence-corrected chi connectivity index (χ1v) is 9.64. The molecule has 1 unspecified atom stereocenters. The Balaban J connectivity index is 1.42. The van der Waals surface area contributed by atoms with Crippen LogP contribution in [0.15, 0.2) is 23.4 Å². The van der Waals surface area contributed by atoms with Gasteiger partial charge in [0.1, 0.15) is 30.6 Å². The number of aliphatic hydroxyl groups is 2. The van der Waals surface area contributed by atoms with Gasteiger partial charge in [0.05, 0.1) is 12.8 Å². The Bertz CT molecular complexity index is 853. The predicted molar refractivity (Wildman–Crippen MR) is 95.3 cm³/mol. The molecule has 4 heterocycles. The van der Waals surface area contributed by atoms with E-state index < -0.39 is 42.3 Å². The van der Waals surface area contributed by atoms with Gasteiger partial charge in [-0.2, -0.15) is 4.39 Å². The van der Waals surface area contributed by atoms with E-state index in [1.54, 1.807) is 0 Å². The maximum Gasteiger partial charge on any atom is 0.201 e. The first kappa shape index (κ1) is 19.2. The van der Waals surface area contributed by atoms with Gasteiger partial charge < -0.3 is 29.7 Å². The van der Waals surface area contributed by atoms with E-state index in [0.717, 1.165) is 18.2 Å². The highest BCUT2D eigenvalue weighted by Crippen LogP contribution is 2.43. The fourth-order valence-electron chi connectivity index (χ4n) is 4.67. The largest absolute Gasteiger partial charge is 0.464 e. The van der Waals surface area contributed by atoms with Gasteiger partial charge in [-0.1, -0.05) is 0 Å². The molecule has 6 atom stereocenters. The monoisotopic (exact) mass is 411 g/mol. The summed E-state index contributed by atoms with van der Waals surface area (Å²) in [5, 5.41) is 28.0. The third kappa shape index (κ3) is 2.94. The van der Waals surface area contributed by atoms with Crippen LogP contribution in [0.2, 0.25) is 0 Å². The molecule has 1 aromatic rings. The van der Waals surface area contributed by atoms with Gasteiger partial charge >= 0.3 is 0 Å². The number of hydrogen-bond donors (Lipinski definition) is 4. The third-order valence-electron chi connectivity index (χ3n) is 6.17. The summed E-state index contributed by atoms with van der Waals surface area (Å²) in [7, 11) is 0. The summed E-state index contributed by atoms with van der Waals surface area (Å²) in [6, 6.07) is 2.33. The van der Waals surface area contributed by atoms with E-state index in [1.807, 2.05) is 11.8 Å². The van der Waals surface area contributed by atoms with Gasteiger partial charge in [0, 0.05) is 17.8 Å². The number of fused-ring (bicyclic) bond motifs is 2. The number of halogens is 2. The summed E-state index contributed by atoms with van der Waals surface area (Å²) in [5.74, 6) is -2.39. The van der Waals surface area contributed by atoms with Crippen molar-refractivity contribution in [2.45, 2.75) is 50.2 Å². The molecular formula is C19H23F2N3O5. The van der Waals surface area contributed by atoms with Crippen LogP contribution in [0.5, 0.6) is 5.75 Å². The molecule has 158 valence electrons. The summed E-state index contributed by atoms with van der Waals surface area (Å²) < 4.78 is 44.5. The number of allylic oxidation sites excluding steroid dienone is 1. The molecule has 0 radical (unpaired) electrons. The van der Waals surface area contributed by atoms with E-state index >= 15 is 0 Å². The van der Waals surface area contributed by atoms with Crippen molar-refractivity contribution in [3.05, 3.63) is 40.6 Å². The molecule has 0 spiro atoms. The number of nitrogens with one attached hydrogen (secondary N) is 2. The molecule has 8 nitrogen and oxygen atoms in total. The first-order valence-electron chi connectivity index (χ1n) is 9.64. The zero-order chi connectivity index (χ0) is 20.3. The van der Waals surface area contributed by atoms with Gasteiger partial charge in [0.15, 0.2) is 18.4 Å². The lowest BCUT2D eigenvalue weighted by molar-refractivity contribution is -0.161. The first-order chi connectivity index (χ1) is 14.0. The Labute approximate surface area is 166 Å². The zero-order valence-corrected chi connectivity index (χ0v) is 15.8. The lowest BCUT2D eigenvalue weighted by Crippen LogP contribution is -2.55. The average Bonchev–Trinajstić information content (AvgIpc) is 3.27. The van der Waals surface area contributed by atoms with E-state index in [4.69, 9.17) is 14.2 Å². The standard InChI is InChI=1S/C19H23F2N3O5/c1-8-9-4-5-24(18(9)23-6-22-8)19-14(26)13(25)17(29-19)16-10-2-3-11(20)12(21)15(10)27-7-28-16/h2-3,13-14,16-19,22-23,25-26H,4-7H2,1H3/t13-,14+,16+,17-,18?,19+/m0/s1. The fourth-order valence-corrected chi connectivity index (χ4v) is 4.67. The van der Waals surface area contributed by atoms with Crippen molar-refractivity contribution >= 4 is 0 Å². The smallest absolute Gasteiger partial charge is 0.201 e. The van der Waals surface area contributed by atoms with Crippen LogP contribution < -0.4 is 15.4 Å². The van der Waals surface area contributed by atoms with E-state index in [9.17, 15) is 19.0 Å². The molecule has 29 heavy (non-hydrogen) atoms. The minimum Gasteiger partial charge on any atom is -0.464 e. The average molecular weight is 411 g/mol. The van der Waals surface area contributed by atoms with Crippen LogP contribution in [0.3, 0.4) is 0 Å². The lowest BCUT2D eigenvalue weighted by atomic mass is 9.97. The Morgan fingerprint density at radius 1 is 1.21 bits per heavy atom. The fraction of sp³-hybridized carbons (Fsp3) is 0.579. The van der Waals surface area contributed by atoms with Crippen molar-refractivity contribution in [1.82, 2.24) is 15.5 Å². The van der Waals surface area contributed by atoms with Gasteiger partial charge in [-0.25, -0.2) is 4.39 Å². The molecule has 0 bridgehead atoms. The molecule has 10 heteroatoms. The van der Waals surface area contributed by atoms with Crippen LogP contribution in [0.25, 0.3) is 0 Å². The van der Waals surface area contributed by atoms with Gasteiger partial charge in [0.2, 0.25) is 5.82 Å². The predicted octanol–water partition coefficient (Wildman–Crippen LogP) is 0.275. The van der Waals surface area contributed by atoms with Crippen LogP contribution >= 0.6 is 0 Å². The highest BCUT2D eigenvalue weighted by atomic mass is 19.2. The van der Waals surface area contributed by atoms with E-state index in [0.29, 0.717) is 13.2 Å². The van der Waals surface area contributed by atoms with Gasteiger partial charge in [-0.05, 0) is 31.1 Å². The summed E-state index contributed by atoms with van der Waals surface area (Å²) in [4.78, 5) is 1.97. The molecule has 0 aliphatic carbocycles. The number of ether oxygens (including phenoxy) is 3. The minimum atomic E-state index is -1.26. The van der Waals surface area contributed by atoms with E-state index in [1.165, 1.54) is 11.6 Å². The highest BCUT2D eigenvalue weighted by molar-refractivity contribution is 5.39. The van der Waals surface area contributed by atoms with Crippen LogP contribution in [-0.2, 0) is 9.47 Å². The number of hydrogen-bond acceptors (Lipinski definition) is 8. The molecule has 0 saturated carbocycles. The van der Waals surface area contributed by atoms with E-state index in [2.05, 4.69) is 10.6 Å². The number of rotatable bonds is 2. The third-order valence-corrected chi connectivity index (χ3v) is 6.17. The molecular weight excluding hydrogens is 388 g/mol. The van der Waals surface area contributed by atoms with Gasteiger partial charge in [-0.15, -0.1) is 0 Å². The SMILES string of the molecule is CC1=C2CCN([C@@H]3O[C@H]([C@@H]4OCOc5c4ccc(F)c5F)[C@@H](O)[C@H]3O)C2NCN1. The second kappa shape index (κ2) is 7.15. The molecule has 4 N–H and O–H groups in total. The topological polar surface area (TPSA) is 95.5 Å². The number of aliphatic hydroxyl groups excluding tert-OH is 2. The van der Waals surface area contributed by atoms with Crippen LogP contribution in [0, 0.1) is 11.6 Å². The molecule has 1 aromatic carbocycles. The molecule has 5 rings (SSSR count). The Morgan fingerprint density at radius 3 is 2.86 bits per heavy atom. The van der Waals surface area contributed by atoms with Gasteiger partial charge in [0.25, 0.3) is 0 Å². The second-order valence-corrected chi connectivity index (χ2v) is 7.70. The van der Waals surface area contributed by atoms with Crippen LogP contribution in [0.4, 0.5) is 8.78 Å². The van der Waals surface area contributed by atoms with E-state index in [-0.39, 0.29) is 24.3 Å². The number of likely N-dealkylation sites (tertiary alicyclic amines) is 1. The van der Waals surface area contributed by atoms with Crippen molar-refractivity contribution in [3.63, 3.8) is 0 Å². The summed E-state index contributed by atoms with van der Waals surface area (Å²) in [6.45, 7) is 2.94. The highest BCUT2D eigenvalue weighted by Gasteiger charge is 2.53. The summed E-state index contributed by atoms with van der Waals surface area (Å²) >= 11 is 0. The minimum absolute atomic E-state index is 0.101. The maximum absolute atomic E-state index is 14.1. The summed E-state index contributed by atoms with van der Waals surface area (Å²) in [5.41, 5.74) is 2.53. The second-order valence-electron chi connectivity index (χ2n) is 7.70. The normalized spacial score (nSPS) is 37.1.